The second-order valence-corrected chi connectivity index (χ2v) is 4.01. The Morgan fingerprint density at radius 1 is 1.27 bits per heavy atom. The Bertz CT molecular complexity index is 194. The molecule has 0 aliphatic heterocycles. The lowest BCUT2D eigenvalue weighted by atomic mass is 9.86. The standard InChI is InChI=1S/C11H21NO3/c1-3-5-7-10(8-12(14)15)11(9-13)6-4-2/h9-11H,3-8H2,1-2H3/t10-,11+/m0/s1. The monoisotopic (exact) mass is 215 g/mol. The zero-order valence-electron chi connectivity index (χ0n) is 9.65. The molecule has 0 saturated carbocycles. The molecule has 0 unspecified atom stereocenters. The summed E-state index contributed by atoms with van der Waals surface area (Å²) in [6, 6.07) is 0. The van der Waals surface area contributed by atoms with Gasteiger partial charge in [-0.1, -0.05) is 33.1 Å². The summed E-state index contributed by atoms with van der Waals surface area (Å²) < 4.78 is 0. The van der Waals surface area contributed by atoms with Gasteiger partial charge < -0.3 is 4.79 Å². The van der Waals surface area contributed by atoms with Crippen LogP contribution in [0, 0.1) is 22.0 Å². The maximum Gasteiger partial charge on any atom is 0.207 e. The van der Waals surface area contributed by atoms with Gasteiger partial charge in [-0.25, -0.2) is 0 Å². The average molecular weight is 215 g/mol. The van der Waals surface area contributed by atoms with Crippen LogP contribution in [0.2, 0.25) is 0 Å². The third-order valence-corrected chi connectivity index (χ3v) is 2.71. The Hall–Kier alpha value is -0.930. The number of nitrogens with zero attached hydrogens (tertiary/aromatic N) is 1. The summed E-state index contributed by atoms with van der Waals surface area (Å²) >= 11 is 0. The molecule has 0 aromatic carbocycles. The van der Waals surface area contributed by atoms with Gasteiger partial charge in [0.15, 0.2) is 0 Å². The lowest BCUT2D eigenvalue weighted by Gasteiger charge is -2.18. The van der Waals surface area contributed by atoms with E-state index >= 15 is 0 Å². The van der Waals surface area contributed by atoms with Crippen LogP contribution >= 0.6 is 0 Å². The number of rotatable bonds is 9. The molecule has 0 rings (SSSR count). The normalized spacial score (nSPS) is 14.5. The highest BCUT2D eigenvalue weighted by molar-refractivity contribution is 5.53. The summed E-state index contributed by atoms with van der Waals surface area (Å²) in [4.78, 5) is 21.0. The average Bonchev–Trinajstić information content (AvgIpc) is 2.20. The number of carbonyl (C=O) groups is 1. The van der Waals surface area contributed by atoms with Gasteiger partial charge >= 0.3 is 0 Å². The van der Waals surface area contributed by atoms with E-state index in [0.717, 1.165) is 38.4 Å². The number of carbonyl (C=O) groups excluding carboxylic acids is 1. The molecule has 0 radical (unpaired) electrons. The summed E-state index contributed by atoms with van der Waals surface area (Å²) in [5.41, 5.74) is 0. The van der Waals surface area contributed by atoms with E-state index in [4.69, 9.17) is 0 Å². The Morgan fingerprint density at radius 2 is 1.93 bits per heavy atom. The molecule has 2 atom stereocenters. The van der Waals surface area contributed by atoms with Crippen molar-refractivity contribution in [3.8, 4) is 0 Å². The third-order valence-electron chi connectivity index (χ3n) is 2.71. The topological polar surface area (TPSA) is 60.2 Å². The molecule has 0 aromatic rings. The van der Waals surface area contributed by atoms with Gasteiger partial charge in [-0.05, 0) is 12.8 Å². The second kappa shape index (κ2) is 8.38. The van der Waals surface area contributed by atoms with Gasteiger partial charge in [0.2, 0.25) is 6.54 Å². The molecular formula is C11H21NO3. The largest absolute Gasteiger partial charge is 0.303 e. The van der Waals surface area contributed by atoms with Crippen molar-refractivity contribution < 1.29 is 9.72 Å². The van der Waals surface area contributed by atoms with Gasteiger partial charge in [-0.3, -0.25) is 10.1 Å². The van der Waals surface area contributed by atoms with Gasteiger partial charge in [-0.15, -0.1) is 0 Å². The first-order valence-electron chi connectivity index (χ1n) is 5.72. The van der Waals surface area contributed by atoms with Crippen LogP contribution in [0.5, 0.6) is 0 Å². The van der Waals surface area contributed by atoms with E-state index in [9.17, 15) is 14.9 Å². The molecule has 0 amide bonds. The Kier molecular flexibility index (Phi) is 7.86. The minimum atomic E-state index is -0.299. The van der Waals surface area contributed by atoms with Crippen molar-refractivity contribution in [1.29, 1.82) is 0 Å². The molecule has 0 aliphatic rings. The molecule has 0 N–H and O–H groups in total. The molecule has 0 bridgehead atoms. The molecule has 88 valence electrons. The van der Waals surface area contributed by atoms with E-state index < -0.39 is 0 Å². The number of unbranched alkanes of at least 4 members (excludes halogenated alkanes) is 1. The van der Waals surface area contributed by atoms with Crippen molar-refractivity contribution in [2.24, 2.45) is 11.8 Å². The molecule has 4 nitrogen and oxygen atoms in total. The highest BCUT2D eigenvalue weighted by Crippen LogP contribution is 2.21. The van der Waals surface area contributed by atoms with Gasteiger partial charge in [0.1, 0.15) is 6.29 Å². The number of hydrogen-bond donors (Lipinski definition) is 0. The minimum Gasteiger partial charge on any atom is -0.303 e. The summed E-state index contributed by atoms with van der Waals surface area (Å²) in [5.74, 6) is -0.204. The molecule has 0 heterocycles. The SMILES string of the molecule is CCCC[C@@H](C[N+](=O)[O-])[C@@H](C=O)CCC. The van der Waals surface area contributed by atoms with Gasteiger partial charge in [-0.2, -0.15) is 0 Å². The van der Waals surface area contributed by atoms with Crippen molar-refractivity contribution in [3.63, 3.8) is 0 Å². The van der Waals surface area contributed by atoms with Crippen LogP contribution in [0.15, 0.2) is 0 Å². The zero-order chi connectivity index (χ0) is 11.7. The lowest BCUT2D eigenvalue weighted by Crippen LogP contribution is -2.24. The van der Waals surface area contributed by atoms with Gasteiger partial charge in [0.05, 0.1) is 0 Å². The number of aldehydes is 1. The van der Waals surface area contributed by atoms with E-state index in [0.29, 0.717) is 0 Å². The highest BCUT2D eigenvalue weighted by atomic mass is 16.6. The van der Waals surface area contributed by atoms with Crippen LogP contribution < -0.4 is 0 Å². The quantitative estimate of drug-likeness (QED) is 0.337. The Morgan fingerprint density at radius 3 is 2.33 bits per heavy atom. The molecule has 0 spiro atoms. The zero-order valence-corrected chi connectivity index (χ0v) is 9.65. The fourth-order valence-electron chi connectivity index (χ4n) is 1.85. The molecule has 15 heavy (non-hydrogen) atoms. The van der Waals surface area contributed by atoms with E-state index in [1.165, 1.54) is 0 Å². The van der Waals surface area contributed by atoms with Crippen molar-refractivity contribution in [1.82, 2.24) is 0 Å². The lowest BCUT2D eigenvalue weighted by molar-refractivity contribution is -0.489. The first-order chi connectivity index (χ1) is 7.15. The van der Waals surface area contributed by atoms with Gasteiger partial charge in [0, 0.05) is 16.8 Å². The fourth-order valence-corrected chi connectivity index (χ4v) is 1.85. The van der Waals surface area contributed by atoms with Gasteiger partial charge in [0.25, 0.3) is 0 Å². The first-order valence-corrected chi connectivity index (χ1v) is 5.72. The van der Waals surface area contributed by atoms with Crippen LogP contribution in [0.4, 0.5) is 0 Å². The number of hydrogen-bond acceptors (Lipinski definition) is 3. The highest BCUT2D eigenvalue weighted by Gasteiger charge is 2.24. The Labute approximate surface area is 91.2 Å². The summed E-state index contributed by atoms with van der Waals surface area (Å²) in [7, 11) is 0. The van der Waals surface area contributed by atoms with Crippen molar-refractivity contribution in [2.45, 2.75) is 46.0 Å². The molecule has 0 aliphatic carbocycles. The first kappa shape index (κ1) is 14.1. The molecule has 0 saturated heterocycles. The molecule has 0 fully saturated rings. The molecule has 4 heteroatoms. The smallest absolute Gasteiger partial charge is 0.207 e. The Balaban J connectivity index is 4.27. The maximum atomic E-state index is 10.9. The van der Waals surface area contributed by atoms with Crippen LogP contribution in [-0.2, 0) is 4.79 Å². The fraction of sp³-hybridized carbons (Fsp3) is 0.909. The van der Waals surface area contributed by atoms with Crippen molar-refractivity contribution >= 4 is 6.29 Å². The maximum absolute atomic E-state index is 10.9. The minimum absolute atomic E-state index is 0.0661. The van der Waals surface area contributed by atoms with Crippen LogP contribution in [0.3, 0.4) is 0 Å². The summed E-state index contributed by atoms with van der Waals surface area (Å²) in [5, 5.41) is 10.5. The second-order valence-electron chi connectivity index (χ2n) is 4.01. The van der Waals surface area contributed by atoms with Crippen LogP contribution in [0.1, 0.15) is 46.0 Å². The third kappa shape index (κ3) is 6.20. The number of nitro groups is 1. The van der Waals surface area contributed by atoms with Crippen molar-refractivity contribution in [2.75, 3.05) is 6.54 Å². The predicted molar refractivity (Wildman–Crippen MR) is 59.3 cm³/mol. The van der Waals surface area contributed by atoms with E-state index in [1.54, 1.807) is 0 Å². The van der Waals surface area contributed by atoms with Crippen LogP contribution in [0.25, 0.3) is 0 Å². The molecule has 0 aromatic heterocycles. The molecular weight excluding hydrogens is 194 g/mol. The van der Waals surface area contributed by atoms with E-state index in [2.05, 4.69) is 6.92 Å². The van der Waals surface area contributed by atoms with Crippen LogP contribution in [-0.4, -0.2) is 17.8 Å². The van der Waals surface area contributed by atoms with E-state index in [-0.39, 0.29) is 23.3 Å². The van der Waals surface area contributed by atoms with E-state index in [1.807, 2.05) is 6.92 Å². The summed E-state index contributed by atoms with van der Waals surface area (Å²) in [6.45, 7) is 3.99. The summed E-state index contributed by atoms with van der Waals surface area (Å²) in [6.07, 6.45) is 5.35. The predicted octanol–water partition coefficient (Wildman–Crippen LogP) is 2.68. The van der Waals surface area contributed by atoms with Crippen molar-refractivity contribution in [3.05, 3.63) is 10.1 Å².